The maximum absolute atomic E-state index is 11.4. The number of rotatable bonds is 2. The zero-order valence-electron chi connectivity index (χ0n) is 8.06. The monoisotopic (exact) mass is 204 g/mol. The molecule has 0 atom stereocenters. The van der Waals surface area contributed by atoms with Crippen molar-refractivity contribution in [3.05, 3.63) is 23.8 Å². The third-order valence-corrected chi connectivity index (χ3v) is 2.24. The van der Waals surface area contributed by atoms with E-state index >= 15 is 0 Å². The Morgan fingerprint density at radius 2 is 2.33 bits per heavy atom. The predicted molar refractivity (Wildman–Crippen MR) is 52.3 cm³/mol. The lowest BCUT2D eigenvalue weighted by molar-refractivity contribution is -0.117. The Hall–Kier alpha value is -2.13. The largest absolute Gasteiger partial charge is 0.497 e. The molecule has 1 aliphatic rings. The van der Waals surface area contributed by atoms with Crippen LogP contribution in [-0.4, -0.2) is 19.1 Å². The highest BCUT2D eigenvalue weighted by atomic mass is 16.5. The third-order valence-electron chi connectivity index (χ3n) is 2.24. The topological polar surface area (TPSA) is 59.0 Å². The number of hydrogen-bond acceptors (Lipinski definition) is 4. The van der Waals surface area contributed by atoms with Gasteiger partial charge in [-0.3, -0.25) is 4.79 Å². The van der Waals surface area contributed by atoms with Gasteiger partial charge in [0.05, 0.1) is 19.2 Å². The summed E-state index contributed by atoms with van der Waals surface area (Å²) in [7, 11) is 1.53. The molecule has 15 heavy (non-hydrogen) atoms. The van der Waals surface area contributed by atoms with E-state index in [4.69, 9.17) is 4.74 Å². The summed E-state index contributed by atoms with van der Waals surface area (Å²) in [4.78, 5) is 21.6. The maximum Gasteiger partial charge on any atom is 0.259 e. The number of benzene rings is 1. The van der Waals surface area contributed by atoms with Crippen molar-refractivity contribution in [1.82, 2.24) is 0 Å². The third kappa shape index (κ3) is 1.49. The van der Waals surface area contributed by atoms with Crippen molar-refractivity contribution < 1.29 is 14.3 Å². The molecule has 0 aromatic heterocycles. The van der Waals surface area contributed by atoms with Crippen LogP contribution in [0.15, 0.2) is 23.3 Å². The van der Waals surface area contributed by atoms with E-state index < -0.39 is 0 Å². The summed E-state index contributed by atoms with van der Waals surface area (Å²) in [5.41, 5.74) is 1.42. The smallest absolute Gasteiger partial charge is 0.259 e. The zero-order valence-corrected chi connectivity index (χ0v) is 8.06. The van der Waals surface area contributed by atoms with Gasteiger partial charge in [-0.05, 0) is 11.6 Å². The molecule has 5 heteroatoms. The van der Waals surface area contributed by atoms with Crippen LogP contribution in [0.25, 0.3) is 0 Å². The molecule has 0 saturated heterocycles. The molecule has 0 aliphatic carbocycles. The van der Waals surface area contributed by atoms with Crippen LogP contribution < -0.4 is 9.75 Å². The van der Waals surface area contributed by atoms with E-state index in [9.17, 15) is 9.59 Å². The number of isocyanates is 1. The predicted octanol–water partition coefficient (Wildman–Crippen LogP) is 0.835. The van der Waals surface area contributed by atoms with Crippen LogP contribution in [0, 0.1) is 0 Å². The molecule has 0 saturated carbocycles. The minimum absolute atomic E-state index is 0.235. The number of fused-ring (bicyclic) bond motifs is 1. The second kappa shape index (κ2) is 3.55. The Bertz CT molecular complexity index is 464. The van der Waals surface area contributed by atoms with Crippen LogP contribution in [0.4, 0.5) is 5.69 Å². The second-order valence-corrected chi connectivity index (χ2v) is 3.07. The number of hydrogen-bond donors (Lipinski definition) is 0. The van der Waals surface area contributed by atoms with Gasteiger partial charge < -0.3 is 4.74 Å². The lowest BCUT2D eigenvalue weighted by Gasteiger charge is -2.08. The van der Waals surface area contributed by atoms with Crippen molar-refractivity contribution in [3.63, 3.8) is 0 Å². The number of amides is 1. The van der Waals surface area contributed by atoms with Gasteiger partial charge in [0.2, 0.25) is 0 Å². The number of hydrazone groups is 1. The van der Waals surface area contributed by atoms with Crippen LogP contribution in [0.1, 0.15) is 5.56 Å². The van der Waals surface area contributed by atoms with Gasteiger partial charge in [-0.1, -0.05) is 11.2 Å². The Labute approximate surface area is 85.9 Å². The molecule has 1 aliphatic heterocycles. The molecule has 0 bridgehead atoms. The van der Waals surface area contributed by atoms with Gasteiger partial charge in [-0.25, -0.2) is 4.79 Å². The lowest BCUT2D eigenvalue weighted by atomic mass is 10.1. The number of carbonyl (C=O) groups excluding carboxylic acids is 2. The molecule has 76 valence electrons. The molecular formula is C10H8N2O3. The summed E-state index contributed by atoms with van der Waals surface area (Å²) in [5, 5.41) is 4.39. The molecule has 1 amide bonds. The molecule has 1 heterocycles. The standard InChI is InChI=1S/C10H8N2O3/c1-15-8-3-2-7-4-10(14)12(11-6-13)9(7)5-8/h2-3,5H,4H2,1H3. The highest BCUT2D eigenvalue weighted by Gasteiger charge is 2.27. The summed E-state index contributed by atoms with van der Waals surface area (Å²) >= 11 is 0. The fourth-order valence-electron chi connectivity index (χ4n) is 1.54. The summed E-state index contributed by atoms with van der Waals surface area (Å²) < 4.78 is 5.02. The first-order chi connectivity index (χ1) is 7.26. The summed E-state index contributed by atoms with van der Waals surface area (Å²) in [5.74, 6) is 0.385. The minimum atomic E-state index is -0.235. The average Bonchev–Trinajstić information content (AvgIpc) is 2.55. The van der Waals surface area contributed by atoms with E-state index in [-0.39, 0.29) is 12.3 Å². The molecule has 0 spiro atoms. The van der Waals surface area contributed by atoms with E-state index in [0.717, 1.165) is 10.6 Å². The molecule has 2 rings (SSSR count). The minimum Gasteiger partial charge on any atom is -0.497 e. The Kier molecular flexibility index (Phi) is 2.23. The molecule has 1 aromatic rings. The first-order valence-electron chi connectivity index (χ1n) is 4.34. The van der Waals surface area contributed by atoms with E-state index in [2.05, 4.69) is 5.10 Å². The SMILES string of the molecule is COc1ccc2c(c1)N(N=C=O)C(=O)C2. The second-order valence-electron chi connectivity index (χ2n) is 3.07. The van der Waals surface area contributed by atoms with Crippen molar-refractivity contribution in [2.75, 3.05) is 12.1 Å². The summed E-state index contributed by atoms with van der Waals surface area (Å²) in [6, 6.07) is 5.22. The van der Waals surface area contributed by atoms with Crippen molar-refractivity contribution in [2.45, 2.75) is 6.42 Å². The van der Waals surface area contributed by atoms with Crippen LogP contribution in [0.5, 0.6) is 5.75 Å². The summed E-state index contributed by atoms with van der Waals surface area (Å²) in [6.45, 7) is 0. The van der Waals surface area contributed by atoms with Crippen LogP contribution in [0.3, 0.4) is 0 Å². The number of anilines is 1. The Balaban J connectivity index is 2.50. The first kappa shape index (κ1) is 9.43. The average molecular weight is 204 g/mol. The van der Waals surface area contributed by atoms with Crippen molar-refractivity contribution in [3.8, 4) is 5.75 Å². The number of nitrogens with zero attached hydrogens (tertiary/aromatic N) is 2. The van der Waals surface area contributed by atoms with Crippen molar-refractivity contribution in [2.24, 2.45) is 5.10 Å². The molecule has 0 N–H and O–H groups in total. The van der Waals surface area contributed by atoms with Gasteiger partial charge in [0.15, 0.2) is 0 Å². The van der Waals surface area contributed by atoms with Gasteiger partial charge in [0.1, 0.15) is 5.75 Å². The number of ether oxygens (including phenoxy) is 1. The fourth-order valence-corrected chi connectivity index (χ4v) is 1.54. The van der Waals surface area contributed by atoms with Gasteiger partial charge >= 0.3 is 0 Å². The summed E-state index contributed by atoms with van der Waals surface area (Å²) in [6.07, 6.45) is 1.61. The number of methoxy groups -OCH3 is 1. The van der Waals surface area contributed by atoms with Gasteiger partial charge in [-0.15, -0.1) is 0 Å². The van der Waals surface area contributed by atoms with E-state index in [1.807, 2.05) is 0 Å². The van der Waals surface area contributed by atoms with Crippen LogP contribution in [-0.2, 0) is 16.0 Å². The quantitative estimate of drug-likeness (QED) is 0.529. The van der Waals surface area contributed by atoms with Crippen molar-refractivity contribution in [1.29, 1.82) is 0 Å². The van der Waals surface area contributed by atoms with Gasteiger partial charge in [-0.2, -0.15) is 5.01 Å². The highest BCUT2D eigenvalue weighted by Crippen LogP contribution is 2.32. The van der Waals surface area contributed by atoms with Crippen LogP contribution >= 0.6 is 0 Å². The lowest BCUT2D eigenvalue weighted by Crippen LogP contribution is -2.19. The van der Waals surface area contributed by atoms with Gasteiger partial charge in [0.25, 0.3) is 12.0 Å². The number of carbonyl (C=O) groups is 1. The Morgan fingerprint density at radius 1 is 1.53 bits per heavy atom. The maximum atomic E-state index is 11.4. The Morgan fingerprint density at radius 3 is 3.00 bits per heavy atom. The van der Waals surface area contributed by atoms with E-state index in [1.54, 1.807) is 18.2 Å². The van der Waals surface area contributed by atoms with Gasteiger partial charge in [0, 0.05) is 6.07 Å². The molecule has 0 unspecified atom stereocenters. The van der Waals surface area contributed by atoms with Crippen LogP contribution in [0.2, 0.25) is 0 Å². The molecular weight excluding hydrogens is 196 g/mol. The highest BCUT2D eigenvalue weighted by molar-refractivity contribution is 6.01. The first-order valence-corrected chi connectivity index (χ1v) is 4.34. The fraction of sp³-hybridized carbons (Fsp3) is 0.200. The normalized spacial score (nSPS) is 13.4. The molecule has 0 radical (unpaired) electrons. The molecule has 5 nitrogen and oxygen atoms in total. The molecule has 0 fully saturated rings. The van der Waals surface area contributed by atoms with Crippen molar-refractivity contribution >= 4 is 17.7 Å². The van der Waals surface area contributed by atoms with E-state index in [0.29, 0.717) is 11.4 Å². The van der Waals surface area contributed by atoms with E-state index in [1.165, 1.54) is 13.2 Å². The molecule has 1 aromatic carbocycles. The zero-order chi connectivity index (χ0) is 10.8.